The lowest BCUT2D eigenvalue weighted by atomic mass is 10.0. The van der Waals surface area contributed by atoms with Crippen molar-refractivity contribution < 1.29 is 23.2 Å². The fourth-order valence-electron chi connectivity index (χ4n) is 3.25. The minimum atomic E-state index is -4.38. The fourth-order valence-corrected chi connectivity index (χ4v) is 3.97. The van der Waals surface area contributed by atoms with Gasteiger partial charge in [0.05, 0.1) is 5.69 Å². The van der Waals surface area contributed by atoms with Gasteiger partial charge in [-0.2, -0.15) is 8.42 Å². The Balaban J connectivity index is 0.000000551. The normalized spacial score (nSPS) is 9.86. The number of aryl methyl sites for hydroxylation is 2. The number of phenolic OH excluding ortho intramolecular Hbond substituents is 2. The van der Waals surface area contributed by atoms with Crippen LogP contribution in [0.4, 0.5) is 5.69 Å². The Morgan fingerprint density at radius 1 is 0.714 bits per heavy atom. The highest BCUT2D eigenvalue weighted by Gasteiger charge is 2.17. The molecule has 0 unspecified atom stereocenters. The molecular weight excluding hydrogens is 462 g/mol. The molecule has 0 aliphatic rings. The number of nitrogen functional groups attached to an aromatic ring is 1. The van der Waals surface area contributed by atoms with E-state index in [0.29, 0.717) is 11.1 Å². The largest absolute Gasteiger partial charge is 0.507 e. The number of rotatable bonds is 1. The number of benzene rings is 4. The Morgan fingerprint density at radius 2 is 1.17 bits per heavy atom. The maximum atomic E-state index is 11.1. The molecule has 5 N–H and O–H groups in total. The zero-order chi connectivity index (χ0) is 27.3. The molecule has 6 nitrogen and oxygen atoms in total. The van der Waals surface area contributed by atoms with Gasteiger partial charge in [0, 0.05) is 16.8 Å². The number of aromatic hydroxyl groups is 2. The van der Waals surface area contributed by atoms with Crippen LogP contribution in [-0.4, -0.2) is 23.2 Å². The predicted octanol–water partition coefficient (Wildman–Crippen LogP) is 7.62. The maximum absolute atomic E-state index is 11.1. The lowest BCUT2D eigenvalue weighted by molar-refractivity contribution is 0.468. The van der Waals surface area contributed by atoms with Crippen LogP contribution in [0.15, 0.2) is 65.6 Å². The van der Waals surface area contributed by atoms with Crippen molar-refractivity contribution >= 4 is 37.4 Å². The number of fused-ring (bicyclic) bond motifs is 2. The molecule has 0 aromatic heterocycles. The Kier molecular flexibility index (Phi) is 13.5. The Morgan fingerprint density at radius 3 is 1.69 bits per heavy atom. The Labute approximate surface area is 209 Å². The standard InChI is InChI=1S/C12H12O.C10H9NO4S.3C2H6/c1-8-7-10-5-3-4-6-11(10)9(2)12(8)13;11-10-7-4-2-1-3-6(7)9(5-8(10)12)16(13,14)15;3*1-2/h3-7,13H,1-2H3;1-5,12H,11H2,(H,13,14,15);3*1-2H3. The van der Waals surface area contributed by atoms with Crippen LogP contribution < -0.4 is 5.73 Å². The van der Waals surface area contributed by atoms with Crippen molar-refractivity contribution in [2.45, 2.75) is 60.3 Å². The molecule has 192 valence electrons. The quantitative estimate of drug-likeness (QED) is 0.121. The first-order chi connectivity index (χ1) is 16.6. The molecule has 0 aliphatic carbocycles. The van der Waals surface area contributed by atoms with Gasteiger partial charge in [-0.15, -0.1) is 0 Å². The van der Waals surface area contributed by atoms with Gasteiger partial charge in [0.15, 0.2) is 0 Å². The third-order valence-electron chi connectivity index (χ3n) is 4.77. The summed E-state index contributed by atoms with van der Waals surface area (Å²) in [5.41, 5.74) is 7.60. The van der Waals surface area contributed by atoms with E-state index in [2.05, 4.69) is 6.07 Å². The van der Waals surface area contributed by atoms with Gasteiger partial charge in [-0.1, -0.05) is 90.1 Å². The second-order valence-electron chi connectivity index (χ2n) is 6.72. The summed E-state index contributed by atoms with van der Waals surface area (Å²) < 4.78 is 31.3. The van der Waals surface area contributed by atoms with E-state index in [1.165, 1.54) is 11.5 Å². The summed E-state index contributed by atoms with van der Waals surface area (Å²) in [6.45, 7) is 15.9. The van der Waals surface area contributed by atoms with Crippen molar-refractivity contribution in [3.63, 3.8) is 0 Å². The van der Waals surface area contributed by atoms with E-state index in [9.17, 15) is 18.6 Å². The molecule has 4 aromatic rings. The molecule has 0 saturated heterocycles. The average molecular weight is 502 g/mol. The molecule has 7 heteroatoms. The second-order valence-corrected chi connectivity index (χ2v) is 8.11. The molecule has 0 atom stereocenters. The molecule has 0 amide bonds. The van der Waals surface area contributed by atoms with Gasteiger partial charge in [-0.05, 0) is 41.8 Å². The summed E-state index contributed by atoms with van der Waals surface area (Å²) in [4.78, 5) is -0.352. The zero-order valence-electron chi connectivity index (χ0n) is 21.9. The van der Waals surface area contributed by atoms with Crippen LogP contribution in [0.25, 0.3) is 21.5 Å². The molecule has 0 aliphatic heterocycles. The summed E-state index contributed by atoms with van der Waals surface area (Å²) in [5, 5.41) is 22.1. The van der Waals surface area contributed by atoms with Crippen molar-refractivity contribution in [1.29, 1.82) is 0 Å². The summed E-state index contributed by atoms with van der Waals surface area (Å²) in [7, 11) is -4.38. The minimum absolute atomic E-state index is 0.0861. The van der Waals surface area contributed by atoms with Crippen LogP contribution in [0, 0.1) is 13.8 Å². The van der Waals surface area contributed by atoms with Crippen LogP contribution in [-0.2, 0) is 10.1 Å². The monoisotopic (exact) mass is 501 g/mol. The van der Waals surface area contributed by atoms with Crippen LogP contribution >= 0.6 is 0 Å². The van der Waals surface area contributed by atoms with E-state index in [-0.39, 0.29) is 21.7 Å². The number of hydrogen-bond acceptors (Lipinski definition) is 5. The smallest absolute Gasteiger partial charge is 0.295 e. The van der Waals surface area contributed by atoms with Crippen LogP contribution in [0.3, 0.4) is 0 Å². The third kappa shape index (κ3) is 7.87. The van der Waals surface area contributed by atoms with Crippen molar-refractivity contribution in [2.75, 3.05) is 5.73 Å². The third-order valence-corrected chi connectivity index (χ3v) is 5.66. The molecule has 4 aromatic carbocycles. The average Bonchev–Trinajstić information content (AvgIpc) is 2.88. The topological polar surface area (TPSA) is 121 Å². The van der Waals surface area contributed by atoms with Crippen LogP contribution in [0.2, 0.25) is 0 Å². The highest BCUT2D eigenvalue weighted by molar-refractivity contribution is 7.86. The van der Waals surface area contributed by atoms with Crippen molar-refractivity contribution in [3.8, 4) is 11.5 Å². The Bertz CT molecular complexity index is 1330. The van der Waals surface area contributed by atoms with Crippen molar-refractivity contribution in [3.05, 3.63) is 71.8 Å². The van der Waals surface area contributed by atoms with Gasteiger partial charge >= 0.3 is 0 Å². The van der Waals surface area contributed by atoms with E-state index < -0.39 is 10.1 Å². The summed E-state index contributed by atoms with van der Waals surface area (Å²) in [6, 6.07) is 17.4. The van der Waals surface area contributed by atoms with Gasteiger partial charge in [0.1, 0.15) is 16.4 Å². The van der Waals surface area contributed by atoms with E-state index in [1.54, 1.807) is 18.2 Å². The molecule has 0 saturated carbocycles. The first-order valence-electron chi connectivity index (χ1n) is 11.8. The first-order valence-corrected chi connectivity index (χ1v) is 13.2. The molecule has 0 spiro atoms. The first kappa shape index (κ1) is 31.7. The zero-order valence-corrected chi connectivity index (χ0v) is 22.7. The van der Waals surface area contributed by atoms with Gasteiger partial charge in [0.25, 0.3) is 10.1 Å². The number of hydrogen-bond donors (Lipinski definition) is 4. The van der Waals surface area contributed by atoms with E-state index in [0.717, 1.165) is 22.6 Å². The number of phenols is 2. The van der Waals surface area contributed by atoms with E-state index in [4.69, 9.17) is 10.3 Å². The molecular formula is C28H39NO5S. The van der Waals surface area contributed by atoms with Crippen molar-refractivity contribution in [1.82, 2.24) is 0 Å². The lowest BCUT2D eigenvalue weighted by Gasteiger charge is -2.08. The minimum Gasteiger partial charge on any atom is -0.507 e. The predicted molar refractivity (Wildman–Crippen MR) is 149 cm³/mol. The number of nitrogens with two attached hydrogens (primary N) is 1. The Hall–Kier alpha value is -3.29. The van der Waals surface area contributed by atoms with Gasteiger partial charge in [-0.3, -0.25) is 4.55 Å². The van der Waals surface area contributed by atoms with Crippen LogP contribution in [0.5, 0.6) is 11.5 Å². The SMILES string of the molecule is CC.CC.CC.Cc1cc2ccccc2c(C)c1O.Nc1c(O)cc(S(=O)(=O)O)c2ccccc12. The number of anilines is 1. The summed E-state index contributed by atoms with van der Waals surface area (Å²) in [5.74, 6) is 0.0463. The summed E-state index contributed by atoms with van der Waals surface area (Å²) in [6.07, 6.45) is 0. The van der Waals surface area contributed by atoms with E-state index >= 15 is 0 Å². The highest BCUT2D eigenvalue weighted by Crippen LogP contribution is 2.34. The molecule has 4 rings (SSSR count). The van der Waals surface area contributed by atoms with E-state index in [1.807, 2.05) is 79.7 Å². The highest BCUT2D eigenvalue weighted by atomic mass is 32.2. The van der Waals surface area contributed by atoms with Gasteiger partial charge in [0.2, 0.25) is 0 Å². The molecule has 35 heavy (non-hydrogen) atoms. The second kappa shape index (κ2) is 14.9. The summed E-state index contributed by atoms with van der Waals surface area (Å²) >= 11 is 0. The molecule has 0 radical (unpaired) electrons. The van der Waals surface area contributed by atoms with Gasteiger partial charge in [-0.25, -0.2) is 0 Å². The fraction of sp³-hybridized carbons (Fsp3) is 0.286. The van der Waals surface area contributed by atoms with Gasteiger partial charge < -0.3 is 15.9 Å². The maximum Gasteiger partial charge on any atom is 0.295 e. The van der Waals surface area contributed by atoms with Crippen molar-refractivity contribution in [2.24, 2.45) is 0 Å². The lowest BCUT2D eigenvalue weighted by Crippen LogP contribution is -2.00. The molecule has 0 bridgehead atoms. The molecule has 0 fully saturated rings. The van der Waals surface area contributed by atoms with Crippen LogP contribution in [0.1, 0.15) is 52.7 Å². The molecule has 0 heterocycles.